The summed E-state index contributed by atoms with van der Waals surface area (Å²) in [6, 6.07) is 6.23. The molecule has 0 saturated heterocycles. The van der Waals surface area contributed by atoms with Crippen LogP contribution in [0.2, 0.25) is 5.02 Å². The zero-order valence-electron chi connectivity index (χ0n) is 10.6. The zero-order valence-corrected chi connectivity index (χ0v) is 11.4. The number of hydrogen-bond acceptors (Lipinski definition) is 2. The van der Waals surface area contributed by atoms with Crippen molar-refractivity contribution in [3.63, 3.8) is 0 Å². The van der Waals surface area contributed by atoms with Gasteiger partial charge in [-0.2, -0.15) is 5.26 Å². The topological polar surface area (TPSA) is 41.6 Å². The Kier molecular flexibility index (Phi) is 3.40. The summed E-state index contributed by atoms with van der Waals surface area (Å²) >= 11 is 6.35. The van der Waals surface area contributed by atoms with Gasteiger partial charge in [0.25, 0.3) is 0 Å². The largest absolute Gasteiger partial charge is 0.340 e. The average molecular weight is 260 g/mol. The Labute approximate surface area is 112 Å². The van der Waals surface area contributed by atoms with Crippen LogP contribution in [0.5, 0.6) is 0 Å². The van der Waals surface area contributed by atoms with E-state index in [0.717, 1.165) is 17.0 Å². The lowest BCUT2D eigenvalue weighted by Crippen LogP contribution is -2.05. The van der Waals surface area contributed by atoms with Gasteiger partial charge in [-0.15, -0.1) is 0 Å². The predicted molar refractivity (Wildman–Crippen MR) is 72.5 cm³/mol. The minimum absolute atomic E-state index is 0.243. The fraction of sp³-hybridized carbons (Fsp3) is 0.286. The highest BCUT2D eigenvalue weighted by atomic mass is 35.5. The highest BCUT2D eigenvalue weighted by Crippen LogP contribution is 2.37. The van der Waals surface area contributed by atoms with E-state index < -0.39 is 0 Å². The van der Waals surface area contributed by atoms with Crippen LogP contribution in [-0.4, -0.2) is 9.55 Å². The van der Waals surface area contributed by atoms with Crippen LogP contribution in [0.3, 0.4) is 0 Å². The van der Waals surface area contributed by atoms with Gasteiger partial charge in [0.15, 0.2) is 0 Å². The molecule has 0 amide bonds. The number of nitriles is 1. The Morgan fingerprint density at radius 3 is 2.44 bits per heavy atom. The molecule has 2 aromatic rings. The second-order valence-corrected chi connectivity index (χ2v) is 4.81. The molecule has 92 valence electrons. The van der Waals surface area contributed by atoms with Crippen LogP contribution in [0.25, 0.3) is 11.3 Å². The van der Waals surface area contributed by atoms with Crippen LogP contribution < -0.4 is 0 Å². The van der Waals surface area contributed by atoms with Crippen LogP contribution in [-0.2, 0) is 0 Å². The third-order valence-corrected chi connectivity index (χ3v) is 3.34. The molecule has 0 spiro atoms. The molecule has 0 N–H and O–H groups in total. The fourth-order valence-corrected chi connectivity index (χ4v) is 2.60. The number of rotatable bonds is 2. The Morgan fingerprint density at radius 1 is 1.33 bits per heavy atom. The summed E-state index contributed by atoms with van der Waals surface area (Å²) in [5.74, 6) is 0. The number of nitrogens with zero attached hydrogens (tertiary/aromatic N) is 3. The smallest absolute Gasteiger partial charge is 0.103 e. The maximum absolute atomic E-state index is 9.21. The summed E-state index contributed by atoms with van der Waals surface area (Å²) in [4.78, 5) is 4.01. The molecule has 0 aliphatic rings. The predicted octanol–water partition coefficient (Wildman–Crippen LogP) is 3.96. The standard InChI is InChI=1S/C14H14ClN3/c1-9(2)18-10(3)12(8-16)13(15)14(18)11-4-6-17-7-5-11/h4-7,9H,1-3H3. The number of pyridine rings is 1. The summed E-state index contributed by atoms with van der Waals surface area (Å²) in [5, 5.41) is 9.73. The molecule has 0 saturated carbocycles. The first-order valence-corrected chi connectivity index (χ1v) is 6.16. The minimum atomic E-state index is 0.243. The molecule has 0 bridgehead atoms. The van der Waals surface area contributed by atoms with Crippen molar-refractivity contribution in [1.29, 1.82) is 5.26 Å². The van der Waals surface area contributed by atoms with Crippen molar-refractivity contribution in [3.05, 3.63) is 40.8 Å². The average Bonchev–Trinajstić information content (AvgIpc) is 2.61. The van der Waals surface area contributed by atoms with Gasteiger partial charge in [-0.05, 0) is 32.9 Å². The van der Waals surface area contributed by atoms with Crippen LogP contribution in [0.1, 0.15) is 31.1 Å². The van der Waals surface area contributed by atoms with Crippen molar-refractivity contribution in [2.24, 2.45) is 0 Å². The maximum Gasteiger partial charge on any atom is 0.103 e. The van der Waals surface area contributed by atoms with Crippen molar-refractivity contribution < 1.29 is 0 Å². The monoisotopic (exact) mass is 259 g/mol. The molecule has 0 unspecified atom stereocenters. The zero-order chi connectivity index (χ0) is 13.3. The van der Waals surface area contributed by atoms with Gasteiger partial charge in [-0.25, -0.2) is 0 Å². The molecule has 4 heteroatoms. The Balaban J connectivity index is 2.79. The van der Waals surface area contributed by atoms with Crippen LogP contribution in [0, 0.1) is 18.3 Å². The Hall–Kier alpha value is -1.79. The second kappa shape index (κ2) is 4.83. The lowest BCUT2D eigenvalue weighted by molar-refractivity contribution is 0.594. The molecule has 2 aromatic heterocycles. The summed E-state index contributed by atoms with van der Waals surface area (Å²) in [6.07, 6.45) is 3.45. The lowest BCUT2D eigenvalue weighted by Gasteiger charge is -2.15. The van der Waals surface area contributed by atoms with Crippen molar-refractivity contribution >= 4 is 11.6 Å². The van der Waals surface area contributed by atoms with E-state index in [2.05, 4.69) is 29.5 Å². The van der Waals surface area contributed by atoms with Crippen molar-refractivity contribution in [1.82, 2.24) is 9.55 Å². The van der Waals surface area contributed by atoms with E-state index in [1.807, 2.05) is 19.1 Å². The van der Waals surface area contributed by atoms with Gasteiger partial charge in [0, 0.05) is 29.7 Å². The molecule has 0 aliphatic heterocycles. The highest BCUT2D eigenvalue weighted by molar-refractivity contribution is 6.34. The molecule has 0 aromatic carbocycles. The molecule has 18 heavy (non-hydrogen) atoms. The molecule has 3 nitrogen and oxygen atoms in total. The first kappa shape index (κ1) is 12.7. The van der Waals surface area contributed by atoms with Gasteiger partial charge in [0.05, 0.1) is 16.3 Å². The summed E-state index contributed by atoms with van der Waals surface area (Å²) in [7, 11) is 0. The molecule has 0 fully saturated rings. The number of hydrogen-bond donors (Lipinski definition) is 0. The first-order valence-electron chi connectivity index (χ1n) is 5.78. The van der Waals surface area contributed by atoms with Crippen LogP contribution >= 0.6 is 11.6 Å². The van der Waals surface area contributed by atoms with E-state index in [0.29, 0.717) is 10.6 Å². The quantitative estimate of drug-likeness (QED) is 0.819. The van der Waals surface area contributed by atoms with Gasteiger partial charge >= 0.3 is 0 Å². The molecular formula is C14H14ClN3. The normalized spacial score (nSPS) is 10.7. The molecule has 0 aliphatic carbocycles. The van der Waals surface area contributed by atoms with Gasteiger partial charge in [0.2, 0.25) is 0 Å². The Bertz CT molecular complexity index is 606. The van der Waals surface area contributed by atoms with Gasteiger partial charge in [-0.3, -0.25) is 4.98 Å². The van der Waals surface area contributed by atoms with Crippen molar-refractivity contribution in [2.45, 2.75) is 26.8 Å². The number of halogens is 1. The van der Waals surface area contributed by atoms with E-state index in [1.165, 1.54) is 0 Å². The molecule has 2 rings (SSSR count). The van der Waals surface area contributed by atoms with Gasteiger partial charge < -0.3 is 4.57 Å². The van der Waals surface area contributed by atoms with E-state index in [4.69, 9.17) is 11.6 Å². The molecular weight excluding hydrogens is 246 g/mol. The minimum Gasteiger partial charge on any atom is -0.340 e. The van der Waals surface area contributed by atoms with Crippen molar-refractivity contribution in [2.75, 3.05) is 0 Å². The fourth-order valence-electron chi connectivity index (χ4n) is 2.22. The van der Waals surface area contributed by atoms with E-state index in [1.54, 1.807) is 12.4 Å². The van der Waals surface area contributed by atoms with Crippen LogP contribution in [0.4, 0.5) is 0 Å². The SMILES string of the molecule is Cc1c(C#N)c(Cl)c(-c2ccncc2)n1C(C)C. The summed E-state index contributed by atoms with van der Waals surface area (Å²) in [6.45, 7) is 6.08. The number of aromatic nitrogens is 2. The third-order valence-electron chi connectivity index (χ3n) is 2.97. The van der Waals surface area contributed by atoms with Gasteiger partial charge in [-0.1, -0.05) is 11.6 Å². The maximum atomic E-state index is 9.21. The van der Waals surface area contributed by atoms with E-state index in [9.17, 15) is 5.26 Å². The molecule has 0 atom stereocenters. The summed E-state index contributed by atoms with van der Waals surface area (Å²) < 4.78 is 2.09. The van der Waals surface area contributed by atoms with Gasteiger partial charge in [0.1, 0.15) is 6.07 Å². The van der Waals surface area contributed by atoms with Crippen LogP contribution in [0.15, 0.2) is 24.5 Å². The lowest BCUT2D eigenvalue weighted by atomic mass is 10.2. The summed E-state index contributed by atoms with van der Waals surface area (Å²) in [5.41, 5.74) is 3.33. The van der Waals surface area contributed by atoms with Crippen molar-refractivity contribution in [3.8, 4) is 17.3 Å². The molecule has 0 radical (unpaired) electrons. The van der Waals surface area contributed by atoms with E-state index in [-0.39, 0.29) is 6.04 Å². The Morgan fingerprint density at radius 2 is 1.94 bits per heavy atom. The van der Waals surface area contributed by atoms with E-state index >= 15 is 0 Å². The molecule has 2 heterocycles. The first-order chi connectivity index (χ1) is 8.57. The second-order valence-electron chi connectivity index (χ2n) is 4.43. The third kappa shape index (κ3) is 1.89. The highest BCUT2D eigenvalue weighted by Gasteiger charge is 2.21.